The van der Waals surface area contributed by atoms with E-state index in [0.29, 0.717) is 36.2 Å². The number of nitro benzene ring substituents is 1. The molecule has 10 heteroatoms. The van der Waals surface area contributed by atoms with Crippen LogP contribution in [0.5, 0.6) is 0 Å². The van der Waals surface area contributed by atoms with Gasteiger partial charge in [0.2, 0.25) is 5.91 Å². The molecule has 1 aromatic heterocycles. The number of ether oxygens (including phenoxy) is 1. The van der Waals surface area contributed by atoms with Crippen molar-refractivity contribution in [1.29, 1.82) is 0 Å². The lowest BCUT2D eigenvalue weighted by Gasteiger charge is -2.35. The second-order valence-corrected chi connectivity index (χ2v) is 7.80. The summed E-state index contributed by atoms with van der Waals surface area (Å²) in [5.41, 5.74) is 0.719. The first-order valence-corrected chi connectivity index (χ1v) is 10.2. The summed E-state index contributed by atoms with van der Waals surface area (Å²) >= 11 is 1.32. The van der Waals surface area contributed by atoms with Gasteiger partial charge in [0.15, 0.2) is 11.0 Å². The van der Waals surface area contributed by atoms with Crippen molar-refractivity contribution >= 4 is 23.4 Å². The molecule has 29 heavy (non-hydrogen) atoms. The van der Waals surface area contributed by atoms with Gasteiger partial charge in [-0.05, 0) is 26.0 Å². The fourth-order valence-corrected chi connectivity index (χ4v) is 4.08. The van der Waals surface area contributed by atoms with E-state index in [1.54, 1.807) is 18.2 Å². The average molecular weight is 417 g/mol. The third-order valence-corrected chi connectivity index (χ3v) is 5.41. The summed E-state index contributed by atoms with van der Waals surface area (Å²) in [5, 5.41) is 19.9. The first kappa shape index (κ1) is 21.0. The first-order valence-electron chi connectivity index (χ1n) is 9.24. The Balaban J connectivity index is 1.73. The Kier molecular flexibility index (Phi) is 6.65. The summed E-state index contributed by atoms with van der Waals surface area (Å²) < 4.78 is 7.52. The van der Waals surface area contributed by atoms with Crippen LogP contribution >= 0.6 is 11.8 Å². The van der Waals surface area contributed by atoms with Gasteiger partial charge in [-0.2, -0.15) is 0 Å². The summed E-state index contributed by atoms with van der Waals surface area (Å²) in [6.45, 7) is 9.31. The molecule has 1 saturated heterocycles. The number of morpholine rings is 1. The van der Waals surface area contributed by atoms with Gasteiger partial charge in [-0.3, -0.25) is 19.5 Å². The molecule has 3 rings (SSSR count). The number of amides is 1. The van der Waals surface area contributed by atoms with E-state index < -0.39 is 4.92 Å². The Bertz CT molecular complexity index is 889. The smallest absolute Gasteiger partial charge is 0.269 e. The fourth-order valence-electron chi connectivity index (χ4n) is 3.23. The van der Waals surface area contributed by atoms with Crippen LogP contribution < -0.4 is 0 Å². The van der Waals surface area contributed by atoms with Gasteiger partial charge in [-0.25, -0.2) is 0 Å². The Morgan fingerprint density at radius 1 is 1.31 bits per heavy atom. The van der Waals surface area contributed by atoms with Crippen LogP contribution in [0.1, 0.15) is 13.8 Å². The van der Waals surface area contributed by atoms with E-state index in [0.717, 1.165) is 0 Å². The number of allylic oxidation sites excluding steroid dienone is 1. The molecule has 1 fully saturated rings. The highest BCUT2D eigenvalue weighted by Crippen LogP contribution is 2.26. The maximum Gasteiger partial charge on any atom is 0.269 e. The summed E-state index contributed by atoms with van der Waals surface area (Å²) in [6.07, 6.45) is 1.76. The van der Waals surface area contributed by atoms with Crippen LogP contribution in [0.3, 0.4) is 0 Å². The zero-order valence-electron chi connectivity index (χ0n) is 16.4. The highest BCUT2D eigenvalue weighted by molar-refractivity contribution is 7.99. The third kappa shape index (κ3) is 5.01. The zero-order chi connectivity index (χ0) is 21.0. The normalized spacial score (nSPS) is 19.2. The molecule has 154 valence electrons. The van der Waals surface area contributed by atoms with Crippen molar-refractivity contribution in [3.63, 3.8) is 0 Å². The van der Waals surface area contributed by atoms with E-state index in [-0.39, 0.29) is 29.6 Å². The molecule has 2 atom stereocenters. The highest BCUT2D eigenvalue weighted by Gasteiger charge is 2.26. The SMILES string of the molecule is C=CCn1c(SCC(=O)N2C[C@H](C)O[C@@H](C)C2)nnc1-c1ccc([N+](=O)[O-])cc1. The Morgan fingerprint density at radius 2 is 1.97 bits per heavy atom. The molecular formula is C19H23N5O4S. The minimum Gasteiger partial charge on any atom is -0.372 e. The number of rotatable bonds is 7. The van der Waals surface area contributed by atoms with Crippen LogP contribution in [0.15, 0.2) is 42.1 Å². The van der Waals surface area contributed by atoms with Gasteiger partial charge in [0.1, 0.15) is 0 Å². The fraction of sp³-hybridized carbons (Fsp3) is 0.421. The number of thioether (sulfide) groups is 1. The number of aromatic nitrogens is 3. The lowest BCUT2D eigenvalue weighted by molar-refractivity contribution is -0.384. The molecule has 0 saturated carbocycles. The molecule has 2 heterocycles. The molecule has 1 aromatic carbocycles. The number of nitro groups is 1. The molecular weight excluding hydrogens is 394 g/mol. The Labute approximate surface area is 172 Å². The van der Waals surface area contributed by atoms with E-state index in [1.165, 1.54) is 23.9 Å². The van der Waals surface area contributed by atoms with Crippen LogP contribution in [-0.4, -0.2) is 61.5 Å². The van der Waals surface area contributed by atoms with Gasteiger partial charge in [0.05, 0.1) is 22.9 Å². The number of hydrogen-bond acceptors (Lipinski definition) is 7. The van der Waals surface area contributed by atoms with Crippen molar-refractivity contribution in [2.45, 2.75) is 37.8 Å². The standard InChI is InChI=1S/C19H23N5O4S/c1-4-9-23-18(15-5-7-16(8-6-15)24(26)27)20-21-19(23)29-12-17(25)22-10-13(2)28-14(3)11-22/h4-8,13-14H,1,9-12H2,2-3H3/t13-,14-/m0/s1. The van der Waals surface area contributed by atoms with Gasteiger partial charge in [-0.15, -0.1) is 16.8 Å². The highest BCUT2D eigenvalue weighted by atomic mass is 32.2. The van der Waals surface area contributed by atoms with Crippen LogP contribution in [0.25, 0.3) is 11.4 Å². The predicted molar refractivity (Wildman–Crippen MR) is 110 cm³/mol. The summed E-state index contributed by atoms with van der Waals surface area (Å²) in [4.78, 5) is 24.8. The summed E-state index contributed by atoms with van der Waals surface area (Å²) in [7, 11) is 0. The third-order valence-electron chi connectivity index (χ3n) is 4.46. The predicted octanol–water partition coefficient (Wildman–Crippen LogP) is 2.77. The zero-order valence-corrected chi connectivity index (χ0v) is 17.2. The minimum absolute atomic E-state index is 0.0118. The lowest BCUT2D eigenvalue weighted by Crippen LogP contribution is -2.48. The maximum atomic E-state index is 12.6. The summed E-state index contributed by atoms with van der Waals surface area (Å²) in [5.74, 6) is 0.847. The molecule has 0 aliphatic carbocycles. The molecule has 2 aromatic rings. The van der Waals surface area contributed by atoms with Crippen molar-refractivity contribution in [2.75, 3.05) is 18.8 Å². The van der Waals surface area contributed by atoms with Gasteiger partial charge in [0.25, 0.3) is 5.69 Å². The van der Waals surface area contributed by atoms with Crippen molar-refractivity contribution in [1.82, 2.24) is 19.7 Å². The number of carbonyl (C=O) groups excluding carboxylic acids is 1. The number of benzene rings is 1. The maximum absolute atomic E-state index is 12.6. The molecule has 9 nitrogen and oxygen atoms in total. The Hall–Kier alpha value is -2.72. The number of non-ortho nitro benzene ring substituents is 1. The van der Waals surface area contributed by atoms with Gasteiger partial charge < -0.3 is 9.64 Å². The van der Waals surface area contributed by atoms with E-state index in [2.05, 4.69) is 16.8 Å². The molecule has 0 radical (unpaired) electrons. The molecule has 0 N–H and O–H groups in total. The molecule has 0 unspecified atom stereocenters. The van der Waals surface area contributed by atoms with Crippen LogP contribution in [0, 0.1) is 10.1 Å². The topological polar surface area (TPSA) is 103 Å². The van der Waals surface area contributed by atoms with E-state index >= 15 is 0 Å². The molecule has 1 aliphatic heterocycles. The minimum atomic E-state index is -0.446. The molecule has 1 amide bonds. The first-order chi connectivity index (χ1) is 13.9. The van der Waals surface area contributed by atoms with Crippen LogP contribution in [0.2, 0.25) is 0 Å². The van der Waals surface area contributed by atoms with Gasteiger partial charge in [-0.1, -0.05) is 17.8 Å². The second kappa shape index (κ2) is 9.19. The second-order valence-electron chi connectivity index (χ2n) is 6.85. The number of carbonyl (C=O) groups is 1. The monoisotopic (exact) mass is 417 g/mol. The van der Waals surface area contributed by atoms with Crippen LogP contribution in [-0.2, 0) is 16.1 Å². The van der Waals surface area contributed by atoms with E-state index in [9.17, 15) is 14.9 Å². The quantitative estimate of drug-likeness (QED) is 0.295. The van der Waals surface area contributed by atoms with Crippen molar-refractivity contribution in [3.8, 4) is 11.4 Å². The van der Waals surface area contributed by atoms with Crippen molar-refractivity contribution in [2.24, 2.45) is 0 Å². The van der Waals surface area contributed by atoms with Crippen molar-refractivity contribution < 1.29 is 14.5 Å². The van der Waals surface area contributed by atoms with Crippen molar-refractivity contribution in [3.05, 3.63) is 47.0 Å². The average Bonchev–Trinajstić information content (AvgIpc) is 3.08. The number of hydrogen-bond donors (Lipinski definition) is 0. The number of nitrogens with zero attached hydrogens (tertiary/aromatic N) is 5. The van der Waals surface area contributed by atoms with E-state index in [1.807, 2.05) is 23.3 Å². The van der Waals surface area contributed by atoms with E-state index in [4.69, 9.17) is 4.74 Å². The summed E-state index contributed by atoms with van der Waals surface area (Å²) in [6, 6.07) is 6.13. The lowest BCUT2D eigenvalue weighted by atomic mass is 10.2. The molecule has 0 spiro atoms. The van der Waals surface area contributed by atoms with Gasteiger partial charge in [0, 0.05) is 37.3 Å². The molecule has 0 bridgehead atoms. The van der Waals surface area contributed by atoms with Gasteiger partial charge >= 0.3 is 0 Å². The largest absolute Gasteiger partial charge is 0.372 e. The van der Waals surface area contributed by atoms with Crippen LogP contribution in [0.4, 0.5) is 5.69 Å². The molecule has 1 aliphatic rings. The Morgan fingerprint density at radius 3 is 2.55 bits per heavy atom.